The summed E-state index contributed by atoms with van der Waals surface area (Å²) < 4.78 is 103. The van der Waals surface area contributed by atoms with Crippen LogP contribution in [0.4, 0.5) is 41.6 Å². The average molecular weight is 635 g/mol. The number of hydrogen-bond donors (Lipinski definition) is 0. The summed E-state index contributed by atoms with van der Waals surface area (Å²) in [6.07, 6.45) is -11.1. The largest absolute Gasteiger partial charge is 0.493 e. The molecule has 3 rings (SSSR count). The topological polar surface area (TPSA) is 77.5 Å². The van der Waals surface area contributed by atoms with Crippen LogP contribution in [-0.2, 0) is 28.4 Å². The van der Waals surface area contributed by atoms with Crippen molar-refractivity contribution in [2.24, 2.45) is 5.92 Å². The molecule has 14 heteroatoms. The number of anilines is 1. The molecule has 0 aromatic heterocycles. The number of rotatable bonds is 9. The fraction of sp³-hybridized carbons (Fsp3) is 0.533. The van der Waals surface area contributed by atoms with E-state index in [0.29, 0.717) is 42.4 Å². The second-order valence-corrected chi connectivity index (χ2v) is 10.8. The second kappa shape index (κ2) is 13.9. The van der Waals surface area contributed by atoms with Crippen LogP contribution in [0.2, 0.25) is 0 Å². The van der Waals surface area contributed by atoms with Crippen molar-refractivity contribution in [3.8, 4) is 11.5 Å². The van der Waals surface area contributed by atoms with Crippen molar-refractivity contribution in [3.63, 3.8) is 0 Å². The Balaban J connectivity index is 2.19. The zero-order chi connectivity index (χ0) is 33.0. The SMILES string of the molecule is CCOC(=O)N1c2cc(OCCC(C)C)c(OC)cc2[C@@H](N(Cc2cc(C(F)(F)F)cc(C(F)(F)F)c2)C(=O)OC)C[C@H]1C. The predicted molar refractivity (Wildman–Crippen MR) is 149 cm³/mol. The fourth-order valence-electron chi connectivity index (χ4n) is 5.00. The van der Waals surface area contributed by atoms with Crippen LogP contribution in [-0.4, -0.2) is 50.6 Å². The number of fused-ring (bicyclic) bond motifs is 1. The molecule has 2 amide bonds. The van der Waals surface area contributed by atoms with E-state index in [2.05, 4.69) is 0 Å². The van der Waals surface area contributed by atoms with Crippen LogP contribution in [0, 0.1) is 5.92 Å². The first-order valence-corrected chi connectivity index (χ1v) is 13.9. The number of carbonyl (C=O) groups is 2. The Bertz CT molecular complexity index is 1300. The van der Waals surface area contributed by atoms with Gasteiger partial charge in [-0.25, -0.2) is 9.59 Å². The third kappa shape index (κ3) is 8.00. The summed E-state index contributed by atoms with van der Waals surface area (Å²) in [6, 6.07) is 2.66. The highest BCUT2D eigenvalue weighted by atomic mass is 19.4. The van der Waals surface area contributed by atoms with Crippen LogP contribution in [0.3, 0.4) is 0 Å². The van der Waals surface area contributed by atoms with E-state index in [-0.39, 0.29) is 30.5 Å². The van der Waals surface area contributed by atoms with Gasteiger partial charge in [0, 0.05) is 24.2 Å². The first kappa shape index (κ1) is 34.6. The number of benzene rings is 2. The molecule has 0 spiro atoms. The van der Waals surface area contributed by atoms with E-state index in [9.17, 15) is 35.9 Å². The van der Waals surface area contributed by atoms with Crippen LogP contribution in [0.5, 0.6) is 11.5 Å². The van der Waals surface area contributed by atoms with E-state index < -0.39 is 59.9 Å². The molecule has 44 heavy (non-hydrogen) atoms. The van der Waals surface area contributed by atoms with Gasteiger partial charge in [0.1, 0.15) is 0 Å². The number of ether oxygens (including phenoxy) is 4. The van der Waals surface area contributed by atoms with Gasteiger partial charge in [-0.05, 0) is 62.4 Å². The van der Waals surface area contributed by atoms with Gasteiger partial charge in [-0.2, -0.15) is 26.3 Å². The highest BCUT2D eigenvalue weighted by Crippen LogP contribution is 2.47. The summed E-state index contributed by atoms with van der Waals surface area (Å²) in [6.45, 7) is 7.09. The van der Waals surface area contributed by atoms with Gasteiger partial charge in [0.15, 0.2) is 11.5 Å². The summed E-state index contributed by atoms with van der Waals surface area (Å²) in [5, 5.41) is 0. The number of amides is 2. The normalized spacial score (nSPS) is 16.8. The Labute approximate surface area is 251 Å². The number of carbonyl (C=O) groups excluding carboxylic acids is 2. The lowest BCUT2D eigenvalue weighted by molar-refractivity contribution is -0.143. The molecule has 0 saturated carbocycles. The van der Waals surface area contributed by atoms with Gasteiger partial charge < -0.3 is 18.9 Å². The highest BCUT2D eigenvalue weighted by Gasteiger charge is 2.42. The minimum Gasteiger partial charge on any atom is -0.493 e. The van der Waals surface area contributed by atoms with Gasteiger partial charge in [-0.1, -0.05) is 13.8 Å². The Morgan fingerprint density at radius 2 is 1.59 bits per heavy atom. The predicted octanol–water partition coefficient (Wildman–Crippen LogP) is 8.22. The third-order valence-corrected chi connectivity index (χ3v) is 7.14. The molecule has 0 aliphatic carbocycles. The quantitative estimate of drug-likeness (QED) is 0.259. The standard InChI is InChI=1S/C30H36F6N2O6/c1-7-43-28(40)38-18(4)10-23(22-14-25(41-5)26(15-24(22)38)44-9-8-17(2)3)37(27(39)42-6)16-19-11-20(29(31,32)33)13-21(12-19)30(34,35)36/h11-15,17-18,23H,7-10,16H2,1-6H3/t18-,23+/m1/s1. The molecule has 0 fully saturated rings. The monoisotopic (exact) mass is 634 g/mol. The molecule has 0 bridgehead atoms. The minimum atomic E-state index is -5.07. The molecule has 0 radical (unpaired) electrons. The van der Waals surface area contributed by atoms with Gasteiger partial charge in [0.25, 0.3) is 0 Å². The van der Waals surface area contributed by atoms with Crippen molar-refractivity contribution in [1.82, 2.24) is 4.90 Å². The molecule has 0 saturated heterocycles. The molecular weight excluding hydrogens is 598 g/mol. The van der Waals surface area contributed by atoms with Crippen LogP contribution < -0.4 is 14.4 Å². The van der Waals surface area contributed by atoms with Crippen molar-refractivity contribution in [2.75, 3.05) is 32.3 Å². The zero-order valence-corrected chi connectivity index (χ0v) is 25.3. The van der Waals surface area contributed by atoms with Gasteiger partial charge in [-0.3, -0.25) is 9.80 Å². The number of halogens is 6. The van der Waals surface area contributed by atoms with Crippen molar-refractivity contribution >= 4 is 17.9 Å². The second-order valence-electron chi connectivity index (χ2n) is 10.8. The maximum Gasteiger partial charge on any atom is 0.416 e. The number of methoxy groups -OCH3 is 2. The number of nitrogens with zero attached hydrogens (tertiary/aromatic N) is 2. The summed E-state index contributed by atoms with van der Waals surface area (Å²) in [7, 11) is 2.44. The van der Waals surface area contributed by atoms with E-state index in [4.69, 9.17) is 18.9 Å². The highest BCUT2D eigenvalue weighted by molar-refractivity contribution is 5.91. The van der Waals surface area contributed by atoms with E-state index in [0.717, 1.165) is 12.0 Å². The van der Waals surface area contributed by atoms with Gasteiger partial charge >= 0.3 is 24.5 Å². The zero-order valence-electron chi connectivity index (χ0n) is 25.3. The average Bonchev–Trinajstić information content (AvgIpc) is 2.93. The molecule has 0 unspecified atom stereocenters. The third-order valence-electron chi connectivity index (χ3n) is 7.14. The molecular formula is C30H36F6N2O6. The number of hydrogen-bond acceptors (Lipinski definition) is 6. The number of alkyl halides is 6. The van der Waals surface area contributed by atoms with Crippen LogP contribution in [0.1, 0.15) is 68.8 Å². The molecule has 1 heterocycles. The smallest absolute Gasteiger partial charge is 0.416 e. The van der Waals surface area contributed by atoms with Crippen molar-refractivity contribution in [2.45, 2.75) is 71.5 Å². The molecule has 2 aromatic rings. The van der Waals surface area contributed by atoms with Crippen molar-refractivity contribution < 1.29 is 54.9 Å². The summed E-state index contributed by atoms with van der Waals surface area (Å²) in [4.78, 5) is 28.6. The van der Waals surface area contributed by atoms with E-state index in [1.807, 2.05) is 13.8 Å². The first-order valence-electron chi connectivity index (χ1n) is 13.9. The maximum atomic E-state index is 13.6. The summed E-state index contributed by atoms with van der Waals surface area (Å²) in [5.41, 5.74) is -2.83. The molecule has 244 valence electrons. The van der Waals surface area contributed by atoms with E-state index in [1.165, 1.54) is 18.1 Å². The molecule has 2 aromatic carbocycles. The molecule has 1 aliphatic rings. The Hall–Kier alpha value is -3.84. The van der Waals surface area contributed by atoms with Crippen molar-refractivity contribution in [3.05, 3.63) is 52.6 Å². The van der Waals surface area contributed by atoms with Crippen LogP contribution in [0.15, 0.2) is 30.3 Å². The summed E-state index contributed by atoms with van der Waals surface area (Å²) in [5.74, 6) is 0.881. The van der Waals surface area contributed by atoms with Gasteiger partial charge in [-0.15, -0.1) is 0 Å². The Morgan fingerprint density at radius 3 is 2.09 bits per heavy atom. The Kier molecular flexibility index (Phi) is 10.9. The van der Waals surface area contributed by atoms with Crippen LogP contribution in [0.25, 0.3) is 0 Å². The molecule has 1 aliphatic heterocycles. The fourth-order valence-corrected chi connectivity index (χ4v) is 5.00. The lowest BCUT2D eigenvalue weighted by Crippen LogP contribution is -2.47. The molecule has 2 atom stereocenters. The van der Waals surface area contributed by atoms with Gasteiger partial charge in [0.2, 0.25) is 0 Å². The van der Waals surface area contributed by atoms with Crippen molar-refractivity contribution in [1.29, 1.82) is 0 Å². The lowest BCUT2D eigenvalue weighted by atomic mass is 9.90. The van der Waals surface area contributed by atoms with Gasteiger partial charge in [0.05, 0.1) is 50.3 Å². The molecule has 8 nitrogen and oxygen atoms in total. The van der Waals surface area contributed by atoms with E-state index >= 15 is 0 Å². The van der Waals surface area contributed by atoms with E-state index in [1.54, 1.807) is 19.9 Å². The van der Waals surface area contributed by atoms with Crippen LogP contribution >= 0.6 is 0 Å². The summed E-state index contributed by atoms with van der Waals surface area (Å²) >= 11 is 0. The first-order chi connectivity index (χ1) is 20.5. The molecule has 0 N–H and O–H groups in total. The lowest BCUT2D eigenvalue weighted by Gasteiger charge is -2.42. The minimum absolute atomic E-state index is 0.0207. The Morgan fingerprint density at radius 1 is 0.977 bits per heavy atom. The maximum absolute atomic E-state index is 13.6.